The molecular formula is C17H19N5OS. The van der Waals surface area contributed by atoms with Gasteiger partial charge in [-0.25, -0.2) is 4.98 Å². The molecule has 3 aromatic heterocycles. The van der Waals surface area contributed by atoms with Crippen molar-refractivity contribution in [2.75, 3.05) is 25.0 Å². The minimum atomic E-state index is 0.617. The van der Waals surface area contributed by atoms with E-state index >= 15 is 0 Å². The fourth-order valence-corrected chi connectivity index (χ4v) is 3.59. The van der Waals surface area contributed by atoms with E-state index < -0.39 is 0 Å². The van der Waals surface area contributed by atoms with E-state index in [1.807, 2.05) is 41.2 Å². The number of hydrogen-bond acceptors (Lipinski definition) is 7. The summed E-state index contributed by atoms with van der Waals surface area (Å²) in [5, 5.41) is 11.5. The highest BCUT2D eigenvalue weighted by Crippen LogP contribution is 2.21. The Morgan fingerprint density at radius 3 is 3.17 bits per heavy atom. The minimum Gasteiger partial charge on any atom is -0.370 e. The average molecular weight is 341 g/mol. The molecule has 1 fully saturated rings. The normalized spacial score (nSPS) is 18.1. The minimum absolute atomic E-state index is 0.617. The lowest BCUT2D eigenvalue weighted by Crippen LogP contribution is -2.23. The van der Waals surface area contributed by atoms with Gasteiger partial charge in [-0.15, -0.1) is 0 Å². The standard InChI is InChI=1S/C17H19N5OS/c1-2-6-18-15(3-1)19-9-13-4-7-22(10-13)11-16-20-17(21-23-16)14-5-8-24-12-14/h1-3,5-6,8,12-13H,4,7,9-11H2,(H,18,19)/t13-/m0/s1. The Balaban J connectivity index is 1.28. The van der Waals surface area contributed by atoms with Crippen LogP contribution in [0.2, 0.25) is 0 Å². The summed E-state index contributed by atoms with van der Waals surface area (Å²) in [6.45, 7) is 3.76. The zero-order chi connectivity index (χ0) is 16.2. The van der Waals surface area contributed by atoms with Crippen LogP contribution in [-0.4, -0.2) is 39.7 Å². The van der Waals surface area contributed by atoms with Gasteiger partial charge in [0, 0.05) is 30.2 Å². The quantitative estimate of drug-likeness (QED) is 0.743. The van der Waals surface area contributed by atoms with Gasteiger partial charge in [-0.3, -0.25) is 4.90 Å². The molecule has 4 heterocycles. The van der Waals surface area contributed by atoms with E-state index in [4.69, 9.17) is 4.52 Å². The molecular weight excluding hydrogens is 322 g/mol. The first-order chi connectivity index (χ1) is 11.9. The van der Waals surface area contributed by atoms with Crippen LogP contribution in [0.1, 0.15) is 12.3 Å². The van der Waals surface area contributed by atoms with Crippen LogP contribution in [0, 0.1) is 5.92 Å². The lowest BCUT2D eigenvalue weighted by Gasteiger charge is -2.14. The number of pyridine rings is 1. The Bertz CT molecular complexity index is 758. The highest BCUT2D eigenvalue weighted by Gasteiger charge is 2.24. The molecule has 0 bridgehead atoms. The predicted octanol–water partition coefficient (Wildman–Crippen LogP) is 3.13. The Labute approximate surface area is 144 Å². The first-order valence-electron chi connectivity index (χ1n) is 8.09. The van der Waals surface area contributed by atoms with Crippen molar-refractivity contribution < 1.29 is 4.52 Å². The molecule has 0 unspecified atom stereocenters. The van der Waals surface area contributed by atoms with Crippen LogP contribution >= 0.6 is 11.3 Å². The monoisotopic (exact) mass is 341 g/mol. The number of nitrogens with one attached hydrogen (secondary N) is 1. The van der Waals surface area contributed by atoms with Gasteiger partial charge < -0.3 is 9.84 Å². The van der Waals surface area contributed by atoms with Crippen LogP contribution in [0.15, 0.2) is 45.7 Å². The molecule has 1 atom stereocenters. The van der Waals surface area contributed by atoms with Crippen molar-refractivity contribution in [3.05, 3.63) is 47.1 Å². The second-order valence-electron chi connectivity index (χ2n) is 6.01. The van der Waals surface area contributed by atoms with Crippen LogP contribution in [0.4, 0.5) is 5.82 Å². The smallest absolute Gasteiger partial charge is 0.241 e. The van der Waals surface area contributed by atoms with Gasteiger partial charge in [-0.05, 0) is 42.5 Å². The third-order valence-corrected chi connectivity index (χ3v) is 4.90. The van der Waals surface area contributed by atoms with Crippen molar-refractivity contribution in [2.45, 2.75) is 13.0 Å². The average Bonchev–Trinajstić information content (AvgIpc) is 3.36. The van der Waals surface area contributed by atoms with Crippen LogP contribution < -0.4 is 5.32 Å². The molecule has 124 valence electrons. The van der Waals surface area contributed by atoms with Crippen molar-refractivity contribution >= 4 is 17.2 Å². The molecule has 0 aliphatic carbocycles. The lowest BCUT2D eigenvalue weighted by molar-refractivity contribution is 0.261. The first-order valence-corrected chi connectivity index (χ1v) is 9.03. The molecule has 0 amide bonds. The summed E-state index contributed by atoms with van der Waals surface area (Å²) < 4.78 is 5.39. The number of anilines is 1. The second kappa shape index (κ2) is 7.11. The van der Waals surface area contributed by atoms with Gasteiger partial charge >= 0.3 is 0 Å². The molecule has 4 rings (SSSR count). The first kappa shape index (κ1) is 15.3. The van der Waals surface area contributed by atoms with E-state index in [1.54, 1.807) is 11.3 Å². The van der Waals surface area contributed by atoms with E-state index in [-0.39, 0.29) is 0 Å². The topological polar surface area (TPSA) is 67.1 Å². The summed E-state index contributed by atoms with van der Waals surface area (Å²) in [4.78, 5) is 11.2. The maximum absolute atomic E-state index is 5.39. The maximum atomic E-state index is 5.39. The summed E-state index contributed by atoms with van der Waals surface area (Å²) in [7, 11) is 0. The number of likely N-dealkylation sites (tertiary alicyclic amines) is 1. The molecule has 1 N–H and O–H groups in total. The Hall–Kier alpha value is -2.25. The number of hydrogen-bond donors (Lipinski definition) is 1. The zero-order valence-electron chi connectivity index (χ0n) is 13.3. The van der Waals surface area contributed by atoms with Gasteiger partial charge in [-0.2, -0.15) is 16.3 Å². The predicted molar refractivity (Wildman–Crippen MR) is 93.7 cm³/mol. The Kier molecular flexibility index (Phi) is 4.53. The van der Waals surface area contributed by atoms with E-state index in [0.29, 0.717) is 17.6 Å². The molecule has 1 aliphatic heterocycles. The molecule has 3 aromatic rings. The van der Waals surface area contributed by atoms with Crippen LogP contribution in [0.5, 0.6) is 0 Å². The van der Waals surface area contributed by atoms with E-state index in [2.05, 4.69) is 25.3 Å². The molecule has 1 aliphatic rings. The summed E-state index contributed by atoms with van der Waals surface area (Å²) in [5.74, 6) is 2.92. The summed E-state index contributed by atoms with van der Waals surface area (Å²) in [6.07, 6.45) is 2.98. The third kappa shape index (κ3) is 3.63. The van der Waals surface area contributed by atoms with E-state index in [1.165, 1.54) is 6.42 Å². The van der Waals surface area contributed by atoms with Crippen molar-refractivity contribution in [3.63, 3.8) is 0 Å². The fraction of sp³-hybridized carbons (Fsp3) is 0.353. The number of nitrogens with zero attached hydrogens (tertiary/aromatic N) is 4. The molecule has 0 saturated carbocycles. The van der Waals surface area contributed by atoms with E-state index in [0.717, 1.165) is 37.6 Å². The molecule has 0 spiro atoms. The molecule has 6 nitrogen and oxygen atoms in total. The zero-order valence-corrected chi connectivity index (χ0v) is 14.1. The lowest BCUT2D eigenvalue weighted by atomic mass is 10.1. The molecule has 7 heteroatoms. The largest absolute Gasteiger partial charge is 0.370 e. The number of thiophene rings is 1. The summed E-state index contributed by atoms with van der Waals surface area (Å²) >= 11 is 1.64. The van der Waals surface area contributed by atoms with Crippen LogP contribution in [0.3, 0.4) is 0 Å². The SMILES string of the molecule is c1ccc(NC[C@@H]2CCN(Cc3nc(-c4ccsc4)no3)C2)nc1. The van der Waals surface area contributed by atoms with Crippen molar-refractivity contribution in [1.82, 2.24) is 20.0 Å². The summed E-state index contributed by atoms with van der Waals surface area (Å²) in [5.41, 5.74) is 1.02. The van der Waals surface area contributed by atoms with Gasteiger partial charge in [0.15, 0.2) is 0 Å². The van der Waals surface area contributed by atoms with Gasteiger partial charge in [0.25, 0.3) is 0 Å². The van der Waals surface area contributed by atoms with Gasteiger partial charge in [-0.1, -0.05) is 11.2 Å². The fourth-order valence-electron chi connectivity index (χ4n) is 2.96. The van der Waals surface area contributed by atoms with Crippen LogP contribution in [0.25, 0.3) is 11.4 Å². The Morgan fingerprint density at radius 1 is 1.33 bits per heavy atom. The van der Waals surface area contributed by atoms with Crippen LogP contribution in [-0.2, 0) is 6.54 Å². The van der Waals surface area contributed by atoms with Gasteiger partial charge in [0.05, 0.1) is 6.54 Å². The molecule has 24 heavy (non-hydrogen) atoms. The van der Waals surface area contributed by atoms with Gasteiger partial charge in [0.1, 0.15) is 5.82 Å². The van der Waals surface area contributed by atoms with Crippen molar-refractivity contribution in [2.24, 2.45) is 5.92 Å². The molecule has 0 aromatic carbocycles. The maximum Gasteiger partial charge on any atom is 0.241 e. The Morgan fingerprint density at radius 2 is 2.33 bits per heavy atom. The summed E-state index contributed by atoms with van der Waals surface area (Å²) in [6, 6.07) is 7.93. The highest BCUT2D eigenvalue weighted by molar-refractivity contribution is 7.08. The third-order valence-electron chi connectivity index (χ3n) is 4.21. The number of aromatic nitrogens is 3. The van der Waals surface area contributed by atoms with Gasteiger partial charge in [0.2, 0.25) is 11.7 Å². The van der Waals surface area contributed by atoms with Crippen molar-refractivity contribution in [3.8, 4) is 11.4 Å². The van der Waals surface area contributed by atoms with Crippen molar-refractivity contribution in [1.29, 1.82) is 0 Å². The highest BCUT2D eigenvalue weighted by atomic mass is 32.1. The number of rotatable bonds is 6. The second-order valence-corrected chi connectivity index (χ2v) is 6.79. The molecule has 1 saturated heterocycles. The molecule has 0 radical (unpaired) electrons. The van der Waals surface area contributed by atoms with E-state index in [9.17, 15) is 0 Å².